The Morgan fingerprint density at radius 2 is 2.33 bits per heavy atom. The number of hydrogen-bond acceptors (Lipinski definition) is 3. The molecule has 1 aromatic rings. The van der Waals surface area contributed by atoms with Crippen molar-refractivity contribution in [3.8, 4) is 5.75 Å². The molecule has 0 fully saturated rings. The fraction of sp³-hybridized carbons (Fsp3) is 0.300. The zero-order chi connectivity index (χ0) is 11.4. The van der Waals surface area contributed by atoms with Gasteiger partial charge < -0.3 is 15.6 Å². The molecule has 0 aliphatic heterocycles. The maximum atomic E-state index is 13.2. The quantitative estimate of drug-likeness (QED) is 0.775. The molecule has 0 bridgehead atoms. The van der Waals surface area contributed by atoms with Crippen molar-refractivity contribution in [3.05, 3.63) is 29.6 Å². The van der Waals surface area contributed by atoms with E-state index >= 15 is 0 Å². The summed E-state index contributed by atoms with van der Waals surface area (Å²) in [4.78, 5) is 10.5. The second kappa shape index (κ2) is 4.75. The molecule has 1 atom stereocenters. The Kier molecular flexibility index (Phi) is 3.62. The Morgan fingerprint density at radius 3 is 2.87 bits per heavy atom. The van der Waals surface area contributed by atoms with Crippen LogP contribution in [0.15, 0.2) is 18.2 Å². The lowest BCUT2D eigenvalue weighted by molar-refractivity contribution is -0.138. The van der Waals surface area contributed by atoms with E-state index in [4.69, 9.17) is 15.6 Å². The Morgan fingerprint density at radius 1 is 1.67 bits per heavy atom. The van der Waals surface area contributed by atoms with Crippen LogP contribution in [0.1, 0.15) is 5.56 Å². The zero-order valence-corrected chi connectivity index (χ0v) is 8.24. The Labute approximate surface area is 86.5 Å². The summed E-state index contributed by atoms with van der Waals surface area (Å²) < 4.78 is 18.0. The molecule has 5 heteroatoms. The van der Waals surface area contributed by atoms with E-state index in [1.54, 1.807) is 6.07 Å². The van der Waals surface area contributed by atoms with Crippen molar-refractivity contribution < 1.29 is 19.0 Å². The summed E-state index contributed by atoms with van der Waals surface area (Å²) >= 11 is 0. The number of aliphatic carboxylic acids is 1. The number of rotatable bonds is 4. The summed E-state index contributed by atoms with van der Waals surface area (Å²) in [6.45, 7) is 0. The van der Waals surface area contributed by atoms with Gasteiger partial charge in [-0.1, -0.05) is 12.1 Å². The molecule has 1 rings (SSSR count). The Bertz CT molecular complexity index is 368. The van der Waals surface area contributed by atoms with E-state index in [1.807, 2.05) is 0 Å². The maximum Gasteiger partial charge on any atom is 0.320 e. The molecule has 0 aromatic heterocycles. The smallest absolute Gasteiger partial charge is 0.320 e. The largest absolute Gasteiger partial charge is 0.493 e. The van der Waals surface area contributed by atoms with Gasteiger partial charge in [0.15, 0.2) is 11.6 Å². The minimum Gasteiger partial charge on any atom is -0.493 e. The molecule has 3 N–H and O–H groups in total. The molecule has 0 amide bonds. The number of carboxylic acid groups (broad SMARTS) is 1. The average Bonchev–Trinajstić information content (AvgIpc) is 2.18. The molecule has 0 aliphatic rings. The zero-order valence-electron chi connectivity index (χ0n) is 8.24. The molecule has 15 heavy (non-hydrogen) atoms. The van der Waals surface area contributed by atoms with Gasteiger partial charge in [-0.2, -0.15) is 0 Å². The minimum absolute atomic E-state index is 0.0380. The topological polar surface area (TPSA) is 72.5 Å². The van der Waals surface area contributed by atoms with Crippen LogP contribution >= 0.6 is 0 Å². The highest BCUT2D eigenvalue weighted by atomic mass is 19.1. The Balaban J connectivity index is 2.94. The molecule has 4 nitrogen and oxygen atoms in total. The van der Waals surface area contributed by atoms with Crippen LogP contribution in [0.2, 0.25) is 0 Å². The summed E-state index contributed by atoms with van der Waals surface area (Å²) in [6.07, 6.45) is 0.0380. The number of carboxylic acids is 1. The van der Waals surface area contributed by atoms with Crippen LogP contribution in [0.25, 0.3) is 0 Å². The fourth-order valence-electron chi connectivity index (χ4n) is 1.27. The van der Waals surface area contributed by atoms with Gasteiger partial charge >= 0.3 is 5.97 Å². The van der Waals surface area contributed by atoms with Gasteiger partial charge in [-0.15, -0.1) is 0 Å². The van der Waals surface area contributed by atoms with Crippen LogP contribution in [0.5, 0.6) is 5.75 Å². The molecular formula is C10H12FNO3. The Hall–Kier alpha value is -1.62. The second-order valence-electron chi connectivity index (χ2n) is 3.08. The van der Waals surface area contributed by atoms with Crippen molar-refractivity contribution in [1.82, 2.24) is 0 Å². The first-order valence-corrected chi connectivity index (χ1v) is 4.36. The summed E-state index contributed by atoms with van der Waals surface area (Å²) in [6, 6.07) is 3.27. The first kappa shape index (κ1) is 11.5. The second-order valence-corrected chi connectivity index (χ2v) is 3.08. The lowest BCUT2D eigenvalue weighted by Gasteiger charge is -2.11. The standard InChI is InChI=1S/C10H12FNO3/c1-15-9-6(3-2-4-7(9)11)5-8(12)10(13)14/h2-4,8H,5,12H2,1H3,(H,13,14). The molecule has 82 valence electrons. The van der Waals surface area contributed by atoms with E-state index in [1.165, 1.54) is 19.2 Å². The van der Waals surface area contributed by atoms with Gasteiger partial charge in [-0.05, 0) is 11.6 Å². The van der Waals surface area contributed by atoms with Gasteiger partial charge in [0, 0.05) is 6.42 Å². The lowest BCUT2D eigenvalue weighted by Crippen LogP contribution is -2.32. The number of methoxy groups -OCH3 is 1. The van der Waals surface area contributed by atoms with E-state index in [2.05, 4.69) is 0 Å². The highest BCUT2D eigenvalue weighted by Gasteiger charge is 2.16. The van der Waals surface area contributed by atoms with E-state index in [0.717, 1.165) is 0 Å². The van der Waals surface area contributed by atoms with Crippen LogP contribution in [-0.4, -0.2) is 24.2 Å². The number of benzene rings is 1. The van der Waals surface area contributed by atoms with E-state index in [-0.39, 0.29) is 12.2 Å². The first-order chi connectivity index (χ1) is 7.06. The van der Waals surface area contributed by atoms with E-state index in [0.29, 0.717) is 5.56 Å². The minimum atomic E-state index is -1.12. The van der Waals surface area contributed by atoms with Gasteiger partial charge in [0.25, 0.3) is 0 Å². The number of hydrogen-bond donors (Lipinski definition) is 2. The molecule has 0 radical (unpaired) electrons. The van der Waals surface area contributed by atoms with Crippen LogP contribution in [0.3, 0.4) is 0 Å². The SMILES string of the molecule is COc1c(F)cccc1CC(N)C(=O)O. The maximum absolute atomic E-state index is 13.2. The predicted octanol–water partition coefficient (Wildman–Crippen LogP) is 0.789. The molecule has 1 aromatic carbocycles. The number of carbonyl (C=O) groups is 1. The molecule has 0 saturated heterocycles. The highest BCUT2D eigenvalue weighted by molar-refractivity contribution is 5.73. The molecule has 0 aliphatic carbocycles. The van der Waals surface area contributed by atoms with Crippen molar-refractivity contribution in [2.45, 2.75) is 12.5 Å². The fourth-order valence-corrected chi connectivity index (χ4v) is 1.27. The van der Waals surface area contributed by atoms with E-state index < -0.39 is 17.8 Å². The third kappa shape index (κ3) is 2.66. The lowest BCUT2D eigenvalue weighted by atomic mass is 10.1. The monoisotopic (exact) mass is 213 g/mol. The van der Waals surface area contributed by atoms with E-state index in [9.17, 15) is 9.18 Å². The van der Waals surface area contributed by atoms with Gasteiger partial charge in [-0.25, -0.2) is 4.39 Å². The van der Waals surface area contributed by atoms with Crippen molar-refractivity contribution >= 4 is 5.97 Å². The molecule has 1 unspecified atom stereocenters. The summed E-state index contributed by atoms with van der Waals surface area (Å²) in [5.74, 6) is -1.59. The molecular weight excluding hydrogens is 201 g/mol. The summed E-state index contributed by atoms with van der Waals surface area (Å²) in [5, 5.41) is 8.62. The van der Waals surface area contributed by atoms with Crippen molar-refractivity contribution in [2.24, 2.45) is 5.73 Å². The first-order valence-electron chi connectivity index (χ1n) is 4.36. The van der Waals surface area contributed by atoms with Crippen LogP contribution < -0.4 is 10.5 Å². The van der Waals surface area contributed by atoms with Crippen LogP contribution in [-0.2, 0) is 11.2 Å². The average molecular weight is 213 g/mol. The summed E-state index contributed by atoms with van der Waals surface area (Å²) in [5.41, 5.74) is 5.80. The number of para-hydroxylation sites is 1. The van der Waals surface area contributed by atoms with Crippen LogP contribution in [0, 0.1) is 5.82 Å². The number of ether oxygens (including phenoxy) is 1. The van der Waals surface area contributed by atoms with Crippen molar-refractivity contribution in [1.29, 1.82) is 0 Å². The number of halogens is 1. The van der Waals surface area contributed by atoms with Crippen molar-refractivity contribution in [2.75, 3.05) is 7.11 Å². The highest BCUT2D eigenvalue weighted by Crippen LogP contribution is 2.23. The number of nitrogens with two attached hydrogens (primary N) is 1. The molecule has 0 heterocycles. The third-order valence-electron chi connectivity index (χ3n) is 2.01. The molecule has 0 spiro atoms. The molecule has 0 saturated carbocycles. The van der Waals surface area contributed by atoms with Gasteiger partial charge in [0.1, 0.15) is 6.04 Å². The van der Waals surface area contributed by atoms with Crippen molar-refractivity contribution in [3.63, 3.8) is 0 Å². The summed E-state index contributed by atoms with van der Waals surface area (Å²) in [7, 11) is 1.33. The predicted molar refractivity (Wildman–Crippen MR) is 52.3 cm³/mol. The third-order valence-corrected chi connectivity index (χ3v) is 2.01. The van der Waals surface area contributed by atoms with Crippen LogP contribution in [0.4, 0.5) is 4.39 Å². The van der Waals surface area contributed by atoms with Gasteiger partial charge in [-0.3, -0.25) is 4.79 Å². The van der Waals surface area contributed by atoms with Gasteiger partial charge in [0.2, 0.25) is 0 Å². The normalized spacial score (nSPS) is 12.2. The van der Waals surface area contributed by atoms with Gasteiger partial charge in [0.05, 0.1) is 7.11 Å².